The van der Waals surface area contributed by atoms with Crippen LogP contribution in [0.1, 0.15) is 36.2 Å². The van der Waals surface area contributed by atoms with Crippen LogP contribution >= 0.6 is 23.2 Å². The molecule has 10 heteroatoms. The number of amides is 2. The Kier molecular flexibility index (Phi) is 7.53. The first-order chi connectivity index (χ1) is 15.9. The van der Waals surface area contributed by atoms with E-state index < -0.39 is 47.0 Å². The number of hydrogen-bond donors (Lipinski definition) is 4. The Morgan fingerprint density at radius 3 is 2.09 bits per heavy atom. The van der Waals surface area contributed by atoms with E-state index in [2.05, 4.69) is 10.6 Å². The third-order valence-corrected chi connectivity index (χ3v) is 6.97. The largest absolute Gasteiger partial charge is 0.481 e. The third-order valence-electron chi connectivity index (χ3n) is 6.34. The maximum absolute atomic E-state index is 12.6. The van der Waals surface area contributed by atoms with Gasteiger partial charge in [0, 0.05) is 18.0 Å². The molecule has 1 saturated carbocycles. The number of carboxylic acids is 2. The predicted molar refractivity (Wildman–Crippen MR) is 127 cm³/mol. The molecule has 3 atom stereocenters. The van der Waals surface area contributed by atoms with Gasteiger partial charge in [0.05, 0.1) is 21.5 Å². The van der Waals surface area contributed by atoms with E-state index in [9.17, 15) is 29.4 Å². The smallest absolute Gasteiger partial charge is 0.326 e. The first kappa shape index (κ1) is 25.5. The minimum Gasteiger partial charge on any atom is -0.481 e. The molecule has 0 aliphatic heterocycles. The van der Waals surface area contributed by atoms with E-state index in [0.717, 1.165) is 0 Å². The van der Waals surface area contributed by atoms with Crippen LogP contribution in [0.5, 0.6) is 0 Å². The average molecular weight is 507 g/mol. The van der Waals surface area contributed by atoms with Gasteiger partial charge in [0.25, 0.3) is 5.91 Å². The summed E-state index contributed by atoms with van der Waals surface area (Å²) in [6.45, 7) is 3.39. The van der Waals surface area contributed by atoms with Crippen LogP contribution in [0.4, 0.5) is 5.69 Å². The van der Waals surface area contributed by atoms with Gasteiger partial charge in [-0.15, -0.1) is 0 Å². The number of carbonyl (C=O) groups excluding carboxylic acids is 2. The van der Waals surface area contributed by atoms with Crippen LogP contribution < -0.4 is 10.6 Å². The molecule has 4 N–H and O–H groups in total. The van der Waals surface area contributed by atoms with Crippen molar-refractivity contribution < 1.29 is 29.4 Å². The van der Waals surface area contributed by atoms with Crippen molar-refractivity contribution in [2.45, 2.75) is 32.7 Å². The van der Waals surface area contributed by atoms with Gasteiger partial charge in [-0.2, -0.15) is 0 Å². The van der Waals surface area contributed by atoms with E-state index in [1.165, 1.54) is 0 Å². The van der Waals surface area contributed by atoms with E-state index in [1.807, 2.05) is 0 Å². The molecule has 1 fully saturated rings. The zero-order valence-corrected chi connectivity index (χ0v) is 20.0. The molecule has 0 unspecified atom stereocenters. The molecule has 0 heterocycles. The second kappa shape index (κ2) is 10.0. The summed E-state index contributed by atoms with van der Waals surface area (Å²) >= 11 is 12.1. The van der Waals surface area contributed by atoms with Gasteiger partial charge in [0.1, 0.15) is 6.04 Å². The predicted octanol–water partition coefficient (Wildman–Crippen LogP) is 4.10. The second-order valence-corrected chi connectivity index (χ2v) is 9.67. The van der Waals surface area contributed by atoms with Gasteiger partial charge in [-0.05, 0) is 41.7 Å². The molecule has 3 rings (SSSR count). The molecule has 2 aromatic carbocycles. The Bertz CT molecular complexity index is 1110. The van der Waals surface area contributed by atoms with Gasteiger partial charge < -0.3 is 20.8 Å². The molecule has 2 amide bonds. The summed E-state index contributed by atoms with van der Waals surface area (Å²) in [6, 6.07) is 10.0. The number of carboxylic acid groups (broad SMARTS) is 2. The molecular weight excluding hydrogens is 483 g/mol. The topological polar surface area (TPSA) is 133 Å². The number of halogens is 2. The maximum Gasteiger partial charge on any atom is 0.326 e. The molecule has 1 aliphatic carbocycles. The van der Waals surface area contributed by atoms with Crippen LogP contribution in [-0.2, 0) is 20.8 Å². The average Bonchev–Trinajstić information content (AvgIpc) is 2.73. The van der Waals surface area contributed by atoms with Crippen LogP contribution in [-0.4, -0.2) is 40.0 Å². The van der Waals surface area contributed by atoms with Gasteiger partial charge in [0.2, 0.25) is 5.91 Å². The lowest BCUT2D eigenvalue weighted by molar-refractivity contribution is -0.164. The zero-order valence-electron chi connectivity index (χ0n) is 18.5. The summed E-state index contributed by atoms with van der Waals surface area (Å²) in [5, 5.41) is 24.5. The van der Waals surface area contributed by atoms with Crippen LogP contribution in [0.15, 0.2) is 42.5 Å². The molecule has 1 aliphatic rings. The minimum absolute atomic E-state index is 0.0150. The van der Waals surface area contributed by atoms with Crippen LogP contribution in [0.2, 0.25) is 10.0 Å². The van der Waals surface area contributed by atoms with Crippen LogP contribution in [0.25, 0.3) is 0 Å². The Labute approximate surface area is 206 Å². The van der Waals surface area contributed by atoms with Crippen molar-refractivity contribution in [3.8, 4) is 0 Å². The summed E-state index contributed by atoms with van der Waals surface area (Å²) in [7, 11) is 0. The Morgan fingerprint density at radius 1 is 1.00 bits per heavy atom. The standard InChI is InChI=1S/C24H24Cl2N2O6/c1-24(2)14(11-15(24)22(31)32)20(29)28-18(23(33)34)10-12-6-8-13(9-7-12)27-21(30)19-16(25)4-3-5-17(19)26/h3-9,14-15,18H,10-11H2,1-2H3,(H,27,30)(H,28,29)(H,31,32)(H,33,34)/t14-,15+,18-/m0/s1. The lowest BCUT2D eigenvalue weighted by Crippen LogP contribution is -2.57. The maximum atomic E-state index is 12.6. The number of carbonyl (C=O) groups is 4. The number of aliphatic carboxylic acids is 2. The van der Waals surface area contributed by atoms with Crippen molar-refractivity contribution in [1.82, 2.24) is 5.32 Å². The molecule has 0 saturated heterocycles. The second-order valence-electron chi connectivity index (χ2n) is 8.85. The minimum atomic E-state index is -1.20. The molecule has 2 aromatic rings. The summed E-state index contributed by atoms with van der Waals surface area (Å²) in [6.07, 6.45) is 0.186. The highest BCUT2D eigenvalue weighted by Gasteiger charge is 2.55. The fourth-order valence-electron chi connectivity index (χ4n) is 4.13. The first-order valence-electron chi connectivity index (χ1n) is 10.5. The zero-order chi connectivity index (χ0) is 25.2. The van der Waals surface area contributed by atoms with Crippen molar-refractivity contribution in [2.75, 3.05) is 5.32 Å². The quantitative estimate of drug-likeness (QED) is 0.425. The van der Waals surface area contributed by atoms with Gasteiger partial charge in [-0.3, -0.25) is 14.4 Å². The monoisotopic (exact) mass is 506 g/mol. The SMILES string of the molecule is CC1(C)[C@@H](C(=O)O)C[C@H]1C(=O)N[C@@H](Cc1ccc(NC(=O)c2c(Cl)cccc2Cl)cc1)C(=O)O. The fraction of sp³-hybridized carbons (Fsp3) is 0.333. The summed E-state index contributed by atoms with van der Waals surface area (Å²) in [5.74, 6) is -4.35. The number of hydrogen-bond acceptors (Lipinski definition) is 4. The van der Waals surface area contributed by atoms with Gasteiger partial charge >= 0.3 is 11.9 Å². The third kappa shape index (κ3) is 5.34. The summed E-state index contributed by atoms with van der Waals surface area (Å²) in [4.78, 5) is 48.2. The molecule has 0 spiro atoms. The van der Waals surface area contributed by atoms with Crippen molar-refractivity contribution in [2.24, 2.45) is 17.3 Å². The van der Waals surface area contributed by atoms with E-state index in [1.54, 1.807) is 56.3 Å². The van der Waals surface area contributed by atoms with E-state index in [0.29, 0.717) is 11.3 Å². The molecule has 0 bridgehead atoms. The molecule has 0 aromatic heterocycles. The van der Waals surface area contributed by atoms with Gasteiger partial charge in [-0.25, -0.2) is 4.79 Å². The normalized spacial score (nSPS) is 19.4. The number of anilines is 1. The molecular formula is C24H24Cl2N2O6. The summed E-state index contributed by atoms with van der Waals surface area (Å²) in [5.41, 5.74) is 0.463. The molecule has 8 nitrogen and oxygen atoms in total. The molecule has 0 radical (unpaired) electrons. The van der Waals surface area contributed by atoms with Crippen LogP contribution in [0, 0.1) is 17.3 Å². The number of benzene rings is 2. The Hall–Kier alpha value is -3.10. The first-order valence-corrected chi connectivity index (χ1v) is 11.3. The van der Waals surface area contributed by atoms with Crippen LogP contribution in [0.3, 0.4) is 0 Å². The van der Waals surface area contributed by atoms with Gasteiger partial charge in [0.15, 0.2) is 0 Å². The Balaban J connectivity index is 1.63. The highest BCUT2D eigenvalue weighted by Crippen LogP contribution is 2.51. The number of rotatable bonds is 8. The summed E-state index contributed by atoms with van der Waals surface area (Å²) < 4.78 is 0. The highest BCUT2D eigenvalue weighted by atomic mass is 35.5. The molecule has 180 valence electrons. The Morgan fingerprint density at radius 2 is 1.59 bits per heavy atom. The number of nitrogens with one attached hydrogen (secondary N) is 2. The van der Waals surface area contributed by atoms with Crippen molar-refractivity contribution >= 4 is 52.6 Å². The highest BCUT2D eigenvalue weighted by molar-refractivity contribution is 6.40. The van der Waals surface area contributed by atoms with Crippen molar-refractivity contribution in [3.63, 3.8) is 0 Å². The lowest BCUT2D eigenvalue weighted by Gasteiger charge is -2.48. The van der Waals surface area contributed by atoms with Crippen molar-refractivity contribution in [3.05, 3.63) is 63.6 Å². The van der Waals surface area contributed by atoms with E-state index in [-0.39, 0.29) is 28.5 Å². The fourth-order valence-corrected chi connectivity index (χ4v) is 4.70. The van der Waals surface area contributed by atoms with E-state index >= 15 is 0 Å². The van der Waals surface area contributed by atoms with Crippen molar-refractivity contribution in [1.29, 1.82) is 0 Å². The van der Waals surface area contributed by atoms with E-state index in [4.69, 9.17) is 23.2 Å². The molecule has 34 heavy (non-hydrogen) atoms. The van der Waals surface area contributed by atoms with Gasteiger partial charge in [-0.1, -0.05) is 55.2 Å². The lowest BCUT2D eigenvalue weighted by atomic mass is 9.54.